The molecule has 0 bridgehead atoms. The van der Waals surface area contributed by atoms with Gasteiger partial charge in [0.15, 0.2) is 0 Å². The van der Waals surface area contributed by atoms with Gasteiger partial charge in [-0.1, -0.05) is 86.6 Å². The second-order valence-electron chi connectivity index (χ2n) is 9.20. The highest BCUT2D eigenvalue weighted by Gasteiger charge is 2.35. The van der Waals surface area contributed by atoms with Crippen molar-refractivity contribution >= 4 is 35.3 Å². The maximum Gasteiger partial charge on any atom is 0.338 e. The van der Waals surface area contributed by atoms with Crippen LogP contribution in [0.2, 0.25) is 5.02 Å². The molecule has 1 atom stereocenters. The number of fused-ring (bicyclic) bond motifs is 1. The molecule has 0 spiro atoms. The Bertz CT molecular complexity index is 1230. The molecule has 4 rings (SSSR count). The molecule has 1 aromatic heterocycles. The predicted octanol–water partition coefficient (Wildman–Crippen LogP) is 6.37. The Balaban J connectivity index is 1.71. The van der Waals surface area contributed by atoms with Gasteiger partial charge in [0.2, 0.25) is 11.1 Å². The minimum absolute atomic E-state index is 0.0311. The standard InChI is InChI=1S/C26H29ClN4O2S/c1-6-33-23(32)21-16(2)28-24-29-25(34-15-18-9-7-8-10-20(18)27)30-31(24)22(21)17-11-13-19(14-12-17)26(3,4)5/h7-14,22H,6,15H2,1-5H3,(H,28,29,30). The predicted molar refractivity (Wildman–Crippen MR) is 137 cm³/mol. The Kier molecular flexibility index (Phi) is 7.05. The van der Waals surface area contributed by atoms with Crippen molar-refractivity contribution < 1.29 is 9.53 Å². The van der Waals surface area contributed by atoms with E-state index in [1.54, 1.807) is 4.68 Å². The Morgan fingerprint density at radius 3 is 2.53 bits per heavy atom. The summed E-state index contributed by atoms with van der Waals surface area (Å²) < 4.78 is 7.18. The molecule has 0 aliphatic carbocycles. The van der Waals surface area contributed by atoms with E-state index in [9.17, 15) is 4.79 Å². The molecule has 1 unspecified atom stereocenters. The molecule has 34 heavy (non-hydrogen) atoms. The number of anilines is 1. The van der Waals surface area contributed by atoms with Crippen LogP contribution in [0.1, 0.15) is 57.4 Å². The van der Waals surface area contributed by atoms with Gasteiger partial charge >= 0.3 is 5.97 Å². The lowest BCUT2D eigenvalue weighted by Crippen LogP contribution is -2.29. The van der Waals surface area contributed by atoms with Crippen LogP contribution >= 0.6 is 23.4 Å². The number of carbonyl (C=O) groups excluding carboxylic acids is 1. The number of benzene rings is 2. The van der Waals surface area contributed by atoms with E-state index in [1.807, 2.05) is 38.1 Å². The molecule has 0 fully saturated rings. The molecule has 0 radical (unpaired) electrons. The van der Waals surface area contributed by atoms with Gasteiger partial charge in [-0.05, 0) is 42.0 Å². The lowest BCUT2D eigenvalue weighted by Gasteiger charge is -2.28. The van der Waals surface area contributed by atoms with Gasteiger partial charge in [0.25, 0.3) is 0 Å². The van der Waals surface area contributed by atoms with Gasteiger partial charge in [-0.15, -0.1) is 5.10 Å². The van der Waals surface area contributed by atoms with Crippen LogP contribution in [0, 0.1) is 0 Å². The molecule has 1 N–H and O–H groups in total. The minimum atomic E-state index is -0.438. The third kappa shape index (κ3) is 5.00. The van der Waals surface area contributed by atoms with Crippen molar-refractivity contribution in [2.75, 3.05) is 11.9 Å². The normalized spacial score (nSPS) is 15.6. The number of rotatable bonds is 6. The molecule has 0 amide bonds. The zero-order valence-corrected chi connectivity index (χ0v) is 21.6. The first kappa shape index (κ1) is 24.4. The quantitative estimate of drug-likeness (QED) is 0.315. The summed E-state index contributed by atoms with van der Waals surface area (Å²) in [5, 5.41) is 9.34. The number of ether oxygens (including phenoxy) is 1. The number of thioether (sulfide) groups is 1. The third-order valence-corrected chi connectivity index (χ3v) is 6.99. The summed E-state index contributed by atoms with van der Waals surface area (Å²) in [6, 6.07) is 15.6. The number of halogens is 1. The van der Waals surface area contributed by atoms with Crippen molar-refractivity contribution in [2.45, 2.75) is 57.0 Å². The topological polar surface area (TPSA) is 69.0 Å². The molecule has 6 nitrogen and oxygen atoms in total. The van der Waals surface area contributed by atoms with Gasteiger partial charge in [0.05, 0.1) is 12.2 Å². The summed E-state index contributed by atoms with van der Waals surface area (Å²) in [6.07, 6.45) is 0. The Morgan fingerprint density at radius 2 is 1.88 bits per heavy atom. The fourth-order valence-corrected chi connectivity index (χ4v) is 5.01. The van der Waals surface area contributed by atoms with Crippen molar-refractivity contribution in [1.82, 2.24) is 14.8 Å². The summed E-state index contributed by atoms with van der Waals surface area (Å²) in [5.41, 5.74) is 4.47. The van der Waals surface area contributed by atoms with Gasteiger partial charge in [-0.25, -0.2) is 9.48 Å². The molecular formula is C26H29ClN4O2S. The van der Waals surface area contributed by atoms with Crippen molar-refractivity contribution in [3.05, 3.63) is 81.5 Å². The first-order valence-electron chi connectivity index (χ1n) is 11.3. The van der Waals surface area contributed by atoms with Gasteiger partial charge in [0, 0.05) is 16.5 Å². The van der Waals surface area contributed by atoms with E-state index < -0.39 is 6.04 Å². The molecule has 1 aliphatic rings. The fourth-order valence-electron chi connectivity index (χ4n) is 3.90. The Morgan fingerprint density at radius 1 is 1.18 bits per heavy atom. The molecule has 0 saturated carbocycles. The number of carbonyl (C=O) groups is 1. The second-order valence-corrected chi connectivity index (χ2v) is 10.6. The highest BCUT2D eigenvalue weighted by Crippen LogP contribution is 2.38. The first-order chi connectivity index (χ1) is 16.2. The number of esters is 1. The molecule has 2 heterocycles. The Hall–Kier alpha value is -2.77. The summed E-state index contributed by atoms with van der Waals surface area (Å²) in [5.74, 6) is 0.881. The van der Waals surface area contributed by atoms with E-state index in [2.05, 4.69) is 50.4 Å². The SMILES string of the molecule is CCOC(=O)C1=C(C)Nc2nc(SCc3ccccc3Cl)nn2C1c1ccc(C(C)(C)C)cc1. The molecule has 3 aromatic rings. The summed E-state index contributed by atoms with van der Waals surface area (Å²) in [7, 11) is 0. The van der Waals surface area contributed by atoms with Crippen molar-refractivity contribution in [2.24, 2.45) is 0 Å². The van der Waals surface area contributed by atoms with Gasteiger partial charge in [-0.2, -0.15) is 4.98 Å². The fraction of sp³-hybridized carbons (Fsp3) is 0.346. The number of aromatic nitrogens is 3. The van der Waals surface area contributed by atoms with Crippen LogP contribution in [0.15, 0.2) is 65.0 Å². The highest BCUT2D eigenvalue weighted by molar-refractivity contribution is 7.98. The van der Waals surface area contributed by atoms with E-state index in [4.69, 9.17) is 26.4 Å². The van der Waals surface area contributed by atoms with E-state index in [0.717, 1.165) is 16.1 Å². The number of hydrogen-bond donors (Lipinski definition) is 1. The largest absolute Gasteiger partial charge is 0.463 e. The van der Waals surface area contributed by atoms with Gasteiger partial charge < -0.3 is 10.1 Å². The lowest BCUT2D eigenvalue weighted by atomic mass is 9.85. The monoisotopic (exact) mass is 496 g/mol. The smallest absolute Gasteiger partial charge is 0.338 e. The second kappa shape index (κ2) is 9.84. The van der Waals surface area contributed by atoms with Crippen LogP contribution in [-0.2, 0) is 20.7 Å². The zero-order valence-electron chi connectivity index (χ0n) is 20.1. The molecule has 8 heteroatoms. The number of allylic oxidation sites excluding steroid dienone is 1. The summed E-state index contributed by atoms with van der Waals surface area (Å²) >= 11 is 7.82. The van der Waals surface area contributed by atoms with Crippen LogP contribution in [0.25, 0.3) is 0 Å². The maximum atomic E-state index is 13.0. The van der Waals surface area contributed by atoms with Gasteiger partial charge in [0.1, 0.15) is 6.04 Å². The first-order valence-corrected chi connectivity index (χ1v) is 12.6. The Labute approximate surface area is 209 Å². The summed E-state index contributed by atoms with van der Waals surface area (Å²) in [6.45, 7) is 10.5. The molecule has 178 valence electrons. The third-order valence-electron chi connectivity index (χ3n) is 5.74. The maximum absolute atomic E-state index is 13.0. The number of hydrogen-bond acceptors (Lipinski definition) is 6. The summed E-state index contributed by atoms with van der Waals surface area (Å²) in [4.78, 5) is 17.7. The van der Waals surface area contributed by atoms with E-state index in [0.29, 0.717) is 34.7 Å². The van der Waals surface area contributed by atoms with Crippen molar-refractivity contribution in [3.8, 4) is 0 Å². The van der Waals surface area contributed by atoms with Crippen LogP contribution in [0.4, 0.5) is 5.95 Å². The number of nitrogens with zero attached hydrogens (tertiary/aromatic N) is 3. The van der Waals surface area contributed by atoms with E-state index in [-0.39, 0.29) is 11.4 Å². The van der Waals surface area contributed by atoms with Crippen molar-refractivity contribution in [1.29, 1.82) is 0 Å². The van der Waals surface area contributed by atoms with E-state index >= 15 is 0 Å². The zero-order chi connectivity index (χ0) is 24.5. The molecule has 0 saturated heterocycles. The highest BCUT2D eigenvalue weighted by atomic mass is 35.5. The number of nitrogens with one attached hydrogen (secondary N) is 1. The molecule has 2 aromatic carbocycles. The van der Waals surface area contributed by atoms with Crippen LogP contribution in [0.3, 0.4) is 0 Å². The molecular weight excluding hydrogens is 468 g/mol. The minimum Gasteiger partial charge on any atom is -0.463 e. The van der Waals surface area contributed by atoms with Gasteiger partial charge in [-0.3, -0.25) is 0 Å². The van der Waals surface area contributed by atoms with Crippen molar-refractivity contribution in [3.63, 3.8) is 0 Å². The van der Waals surface area contributed by atoms with E-state index in [1.165, 1.54) is 17.3 Å². The lowest BCUT2D eigenvalue weighted by molar-refractivity contribution is -0.139. The van der Waals surface area contributed by atoms with Crippen LogP contribution in [-0.4, -0.2) is 27.3 Å². The molecule has 1 aliphatic heterocycles. The van der Waals surface area contributed by atoms with Crippen LogP contribution in [0.5, 0.6) is 0 Å². The van der Waals surface area contributed by atoms with Crippen LogP contribution < -0.4 is 5.32 Å². The average molecular weight is 497 g/mol. The average Bonchev–Trinajstić information content (AvgIpc) is 3.19.